The van der Waals surface area contributed by atoms with Crippen molar-refractivity contribution in [1.82, 2.24) is 9.97 Å². The van der Waals surface area contributed by atoms with Crippen LogP contribution in [-0.4, -0.2) is 39.7 Å². The van der Waals surface area contributed by atoms with Crippen LogP contribution in [0.4, 0.5) is 11.6 Å². The number of phenols is 1. The average Bonchev–Trinajstić information content (AvgIpc) is 2.64. The second-order valence-electron chi connectivity index (χ2n) is 6.29. The largest absolute Gasteiger partial charge is 0.508 e. The smallest absolute Gasteiger partial charge is 0.134 e. The first-order chi connectivity index (χ1) is 11.8. The molecule has 1 unspecified atom stereocenters. The molecule has 0 spiro atoms. The molecule has 1 aliphatic carbocycles. The van der Waals surface area contributed by atoms with E-state index in [0.717, 1.165) is 61.1 Å². The Hall–Kier alpha value is -1.95. The Morgan fingerprint density at radius 3 is 2.96 bits per heavy atom. The van der Waals surface area contributed by atoms with Gasteiger partial charge in [0.1, 0.15) is 23.7 Å². The highest BCUT2D eigenvalue weighted by Crippen LogP contribution is 2.36. The molecule has 126 valence electrons. The normalized spacial score (nSPS) is 20.5. The van der Waals surface area contributed by atoms with Crippen LogP contribution in [0, 0.1) is 0 Å². The summed E-state index contributed by atoms with van der Waals surface area (Å²) in [4.78, 5) is 11.2. The van der Waals surface area contributed by atoms with Gasteiger partial charge in [0.25, 0.3) is 0 Å². The lowest BCUT2D eigenvalue weighted by Gasteiger charge is -2.29. The minimum atomic E-state index is 0.195. The molecule has 2 aliphatic rings. The van der Waals surface area contributed by atoms with Crippen molar-refractivity contribution < 1.29 is 5.11 Å². The summed E-state index contributed by atoms with van der Waals surface area (Å²) >= 11 is 2.00. The van der Waals surface area contributed by atoms with E-state index in [0.29, 0.717) is 5.75 Å². The SMILES string of the molecule is Oc1cccc2c1CCCC2Nc1cc(N2CCSCC2)ncn1. The standard InChI is InChI=1S/C18H22N4OS/c23-16-6-2-3-13-14(16)4-1-5-15(13)21-17-11-18(20-12-19-17)22-7-9-24-10-8-22/h2-3,6,11-12,15,23H,1,4-5,7-10H2,(H,19,20,21). The van der Waals surface area contributed by atoms with E-state index in [1.807, 2.05) is 23.9 Å². The Morgan fingerprint density at radius 1 is 1.21 bits per heavy atom. The summed E-state index contributed by atoms with van der Waals surface area (Å²) in [5, 5.41) is 13.6. The molecule has 1 aromatic carbocycles. The quantitative estimate of drug-likeness (QED) is 0.893. The highest BCUT2D eigenvalue weighted by Gasteiger charge is 2.23. The Labute approximate surface area is 146 Å². The van der Waals surface area contributed by atoms with E-state index in [-0.39, 0.29) is 6.04 Å². The van der Waals surface area contributed by atoms with Gasteiger partial charge in [0.15, 0.2) is 0 Å². The van der Waals surface area contributed by atoms with Crippen LogP contribution in [0.15, 0.2) is 30.6 Å². The van der Waals surface area contributed by atoms with E-state index in [4.69, 9.17) is 0 Å². The summed E-state index contributed by atoms with van der Waals surface area (Å²) in [6.07, 6.45) is 4.71. The maximum atomic E-state index is 10.1. The van der Waals surface area contributed by atoms with E-state index < -0.39 is 0 Å². The minimum Gasteiger partial charge on any atom is -0.508 e. The fraction of sp³-hybridized carbons (Fsp3) is 0.444. The Kier molecular flexibility index (Phi) is 4.47. The van der Waals surface area contributed by atoms with Gasteiger partial charge in [-0.05, 0) is 36.5 Å². The molecule has 1 aromatic heterocycles. The van der Waals surface area contributed by atoms with Gasteiger partial charge in [-0.25, -0.2) is 9.97 Å². The van der Waals surface area contributed by atoms with E-state index in [1.165, 1.54) is 5.56 Å². The molecule has 1 aliphatic heterocycles. The average molecular weight is 342 g/mol. The zero-order valence-electron chi connectivity index (χ0n) is 13.6. The van der Waals surface area contributed by atoms with Crippen molar-refractivity contribution in [2.24, 2.45) is 0 Å². The van der Waals surface area contributed by atoms with Crippen LogP contribution in [0.25, 0.3) is 0 Å². The third-order valence-corrected chi connectivity index (χ3v) is 5.73. The molecular formula is C18H22N4OS. The lowest BCUT2D eigenvalue weighted by atomic mass is 9.87. The summed E-state index contributed by atoms with van der Waals surface area (Å²) in [6, 6.07) is 8.05. The molecule has 0 saturated carbocycles. The number of hydrogen-bond acceptors (Lipinski definition) is 6. The van der Waals surface area contributed by atoms with Gasteiger partial charge in [-0.1, -0.05) is 12.1 Å². The molecule has 2 heterocycles. The van der Waals surface area contributed by atoms with Crippen molar-refractivity contribution in [2.45, 2.75) is 25.3 Å². The van der Waals surface area contributed by atoms with Crippen LogP contribution in [-0.2, 0) is 6.42 Å². The first-order valence-corrected chi connectivity index (χ1v) is 9.69. The number of aromatic hydroxyl groups is 1. The van der Waals surface area contributed by atoms with Crippen molar-refractivity contribution in [3.8, 4) is 5.75 Å². The first-order valence-electron chi connectivity index (χ1n) is 8.53. The van der Waals surface area contributed by atoms with Gasteiger partial charge >= 0.3 is 0 Å². The molecule has 1 atom stereocenters. The summed E-state index contributed by atoms with van der Waals surface area (Å²) in [6.45, 7) is 2.09. The Balaban J connectivity index is 1.55. The van der Waals surface area contributed by atoms with Crippen molar-refractivity contribution >= 4 is 23.4 Å². The van der Waals surface area contributed by atoms with Crippen LogP contribution < -0.4 is 10.2 Å². The van der Waals surface area contributed by atoms with Crippen LogP contribution in [0.2, 0.25) is 0 Å². The van der Waals surface area contributed by atoms with Crippen LogP contribution in [0.1, 0.15) is 30.0 Å². The number of hydrogen-bond donors (Lipinski definition) is 2. The van der Waals surface area contributed by atoms with Gasteiger partial charge in [-0.15, -0.1) is 0 Å². The van der Waals surface area contributed by atoms with E-state index in [2.05, 4.69) is 26.3 Å². The van der Waals surface area contributed by atoms with Gasteiger partial charge < -0.3 is 15.3 Å². The second-order valence-corrected chi connectivity index (χ2v) is 7.52. The van der Waals surface area contributed by atoms with Crippen molar-refractivity contribution in [3.05, 3.63) is 41.7 Å². The van der Waals surface area contributed by atoms with Gasteiger partial charge in [-0.3, -0.25) is 0 Å². The number of nitrogens with one attached hydrogen (secondary N) is 1. The molecule has 24 heavy (non-hydrogen) atoms. The number of anilines is 2. The zero-order chi connectivity index (χ0) is 16.4. The lowest BCUT2D eigenvalue weighted by Crippen LogP contribution is -2.33. The van der Waals surface area contributed by atoms with Crippen molar-refractivity contribution in [3.63, 3.8) is 0 Å². The molecule has 1 fully saturated rings. The maximum Gasteiger partial charge on any atom is 0.134 e. The number of benzene rings is 1. The predicted octanol–water partition coefficient (Wildman–Crippen LogP) is 3.22. The summed E-state index contributed by atoms with van der Waals surface area (Å²) in [7, 11) is 0. The molecule has 2 aromatic rings. The van der Waals surface area contributed by atoms with Crippen LogP contribution >= 0.6 is 11.8 Å². The number of nitrogens with zero attached hydrogens (tertiary/aromatic N) is 3. The molecule has 2 N–H and O–H groups in total. The van der Waals surface area contributed by atoms with Gasteiger partial charge in [0.2, 0.25) is 0 Å². The molecule has 4 rings (SSSR count). The molecule has 1 saturated heterocycles. The third-order valence-electron chi connectivity index (χ3n) is 4.79. The number of thioether (sulfide) groups is 1. The monoisotopic (exact) mass is 342 g/mol. The molecule has 5 nitrogen and oxygen atoms in total. The van der Waals surface area contributed by atoms with Crippen LogP contribution in [0.3, 0.4) is 0 Å². The zero-order valence-corrected chi connectivity index (χ0v) is 14.4. The van der Waals surface area contributed by atoms with Gasteiger partial charge in [0.05, 0.1) is 6.04 Å². The lowest BCUT2D eigenvalue weighted by molar-refractivity contribution is 0.457. The number of aromatic nitrogens is 2. The minimum absolute atomic E-state index is 0.195. The molecule has 0 bridgehead atoms. The summed E-state index contributed by atoms with van der Waals surface area (Å²) in [5.41, 5.74) is 2.26. The van der Waals surface area contributed by atoms with Gasteiger partial charge in [0, 0.05) is 30.7 Å². The fourth-order valence-corrected chi connectivity index (χ4v) is 4.45. The first kappa shape index (κ1) is 15.6. The number of phenolic OH excluding ortho intramolecular Hbond substituents is 1. The Morgan fingerprint density at radius 2 is 2.08 bits per heavy atom. The molecule has 0 amide bonds. The van der Waals surface area contributed by atoms with Crippen molar-refractivity contribution in [1.29, 1.82) is 0 Å². The van der Waals surface area contributed by atoms with Crippen molar-refractivity contribution in [2.75, 3.05) is 34.8 Å². The predicted molar refractivity (Wildman–Crippen MR) is 99.0 cm³/mol. The number of rotatable bonds is 3. The second kappa shape index (κ2) is 6.89. The summed E-state index contributed by atoms with van der Waals surface area (Å²) in [5.74, 6) is 4.58. The summed E-state index contributed by atoms with van der Waals surface area (Å²) < 4.78 is 0. The molecule has 0 radical (unpaired) electrons. The topological polar surface area (TPSA) is 61.3 Å². The maximum absolute atomic E-state index is 10.1. The molecule has 6 heteroatoms. The van der Waals surface area contributed by atoms with E-state index in [9.17, 15) is 5.11 Å². The highest BCUT2D eigenvalue weighted by molar-refractivity contribution is 7.99. The third kappa shape index (κ3) is 3.15. The fourth-order valence-electron chi connectivity index (χ4n) is 3.55. The van der Waals surface area contributed by atoms with Crippen LogP contribution in [0.5, 0.6) is 5.75 Å². The van der Waals surface area contributed by atoms with E-state index in [1.54, 1.807) is 12.4 Å². The number of fused-ring (bicyclic) bond motifs is 1. The Bertz CT molecular complexity index is 718. The molecular weight excluding hydrogens is 320 g/mol. The highest BCUT2D eigenvalue weighted by atomic mass is 32.2. The van der Waals surface area contributed by atoms with Gasteiger partial charge in [-0.2, -0.15) is 11.8 Å². The van der Waals surface area contributed by atoms with E-state index >= 15 is 0 Å².